The van der Waals surface area contributed by atoms with Gasteiger partial charge in [-0.1, -0.05) is 6.07 Å². The number of aliphatic hydroxyl groups is 1. The zero-order valence-corrected chi connectivity index (χ0v) is 16.5. The molecule has 2 aromatic heterocycles. The van der Waals surface area contributed by atoms with Gasteiger partial charge in [0.15, 0.2) is 0 Å². The predicted molar refractivity (Wildman–Crippen MR) is 105 cm³/mol. The average Bonchev–Trinajstić information content (AvgIpc) is 3.31. The van der Waals surface area contributed by atoms with Gasteiger partial charge in [0, 0.05) is 15.9 Å². The molecule has 4 fully saturated rings. The second kappa shape index (κ2) is 6.18. The second-order valence-corrected chi connectivity index (χ2v) is 10.5. The van der Waals surface area contributed by atoms with Gasteiger partial charge in [0.25, 0.3) is 0 Å². The zero-order chi connectivity index (χ0) is 17.8. The van der Waals surface area contributed by atoms with Crippen LogP contribution < -0.4 is 5.32 Å². The average molecular weight is 388 g/mol. The van der Waals surface area contributed by atoms with Crippen molar-refractivity contribution in [1.82, 2.24) is 5.32 Å². The Kier molecular flexibility index (Phi) is 4.03. The summed E-state index contributed by atoms with van der Waals surface area (Å²) in [5.41, 5.74) is -0.429. The molecule has 0 spiro atoms. The standard InChI is InChI=1S/C21H25NO2S2/c23-19(20-9-14-6-15(10-20)8-16(7-14)11-20)22-13-21(24,17-3-5-25-12-17)18-2-1-4-26-18/h1-5,12,14-16,24H,6-11,13H2,(H,22,23). The lowest BCUT2D eigenvalue weighted by molar-refractivity contribution is -0.147. The Morgan fingerprint density at radius 3 is 2.38 bits per heavy atom. The fraction of sp³-hybridized carbons (Fsp3) is 0.571. The molecule has 6 rings (SSSR count). The van der Waals surface area contributed by atoms with Crippen LogP contribution in [-0.4, -0.2) is 17.6 Å². The third-order valence-corrected chi connectivity index (χ3v) is 8.66. The first-order chi connectivity index (χ1) is 12.6. The van der Waals surface area contributed by atoms with E-state index in [9.17, 15) is 9.90 Å². The van der Waals surface area contributed by atoms with Crippen molar-refractivity contribution >= 4 is 28.6 Å². The maximum absolute atomic E-state index is 13.3. The molecule has 0 saturated heterocycles. The molecule has 0 radical (unpaired) electrons. The van der Waals surface area contributed by atoms with Crippen LogP contribution >= 0.6 is 22.7 Å². The smallest absolute Gasteiger partial charge is 0.226 e. The van der Waals surface area contributed by atoms with Crippen molar-refractivity contribution < 1.29 is 9.90 Å². The van der Waals surface area contributed by atoms with Gasteiger partial charge >= 0.3 is 0 Å². The summed E-state index contributed by atoms with van der Waals surface area (Å²) in [4.78, 5) is 14.2. The van der Waals surface area contributed by atoms with Crippen molar-refractivity contribution in [3.63, 3.8) is 0 Å². The highest BCUT2D eigenvalue weighted by Crippen LogP contribution is 2.60. The molecule has 0 aliphatic heterocycles. The number of hydrogen-bond donors (Lipinski definition) is 2. The summed E-state index contributed by atoms with van der Waals surface area (Å²) in [6, 6.07) is 5.87. The topological polar surface area (TPSA) is 49.3 Å². The van der Waals surface area contributed by atoms with Gasteiger partial charge in [-0.05, 0) is 84.6 Å². The van der Waals surface area contributed by atoms with Gasteiger partial charge in [-0.15, -0.1) is 11.3 Å². The molecule has 2 aromatic rings. The Morgan fingerprint density at radius 2 is 1.85 bits per heavy atom. The molecule has 138 valence electrons. The first-order valence-corrected chi connectivity index (χ1v) is 11.5. The summed E-state index contributed by atoms with van der Waals surface area (Å²) in [7, 11) is 0. The van der Waals surface area contributed by atoms with Crippen LogP contribution in [0, 0.1) is 23.2 Å². The van der Waals surface area contributed by atoms with Crippen LogP contribution in [0.2, 0.25) is 0 Å². The van der Waals surface area contributed by atoms with Crippen LogP contribution in [0.4, 0.5) is 0 Å². The molecule has 1 amide bonds. The van der Waals surface area contributed by atoms with E-state index in [-0.39, 0.29) is 17.9 Å². The molecule has 3 nitrogen and oxygen atoms in total. The molecule has 4 bridgehead atoms. The fourth-order valence-corrected chi connectivity index (χ4v) is 7.70. The normalized spacial score (nSPS) is 34.6. The molecule has 2 N–H and O–H groups in total. The molecule has 4 saturated carbocycles. The Balaban J connectivity index is 1.37. The second-order valence-electron chi connectivity index (χ2n) is 8.73. The lowest BCUT2D eigenvalue weighted by Gasteiger charge is -2.55. The molecule has 4 aliphatic carbocycles. The van der Waals surface area contributed by atoms with Gasteiger partial charge in [0.2, 0.25) is 5.91 Å². The van der Waals surface area contributed by atoms with Crippen molar-refractivity contribution in [2.45, 2.75) is 44.1 Å². The number of nitrogens with one attached hydrogen (secondary N) is 1. The number of thiophene rings is 2. The van der Waals surface area contributed by atoms with Gasteiger partial charge in [0.1, 0.15) is 5.60 Å². The van der Waals surface area contributed by atoms with Crippen molar-refractivity contribution in [3.05, 3.63) is 44.8 Å². The van der Waals surface area contributed by atoms with E-state index in [1.165, 1.54) is 19.3 Å². The van der Waals surface area contributed by atoms with Crippen LogP contribution in [-0.2, 0) is 10.4 Å². The molecule has 4 aliphatic rings. The summed E-state index contributed by atoms with van der Waals surface area (Å²) in [5.74, 6) is 2.43. The van der Waals surface area contributed by atoms with Crippen molar-refractivity contribution in [2.75, 3.05) is 6.54 Å². The minimum Gasteiger partial charge on any atom is -0.378 e. The van der Waals surface area contributed by atoms with E-state index < -0.39 is 5.60 Å². The number of carbonyl (C=O) groups excluding carboxylic acids is 1. The minimum atomic E-state index is -1.13. The zero-order valence-electron chi connectivity index (χ0n) is 14.8. The highest BCUT2D eigenvalue weighted by molar-refractivity contribution is 7.10. The van der Waals surface area contributed by atoms with Crippen LogP contribution in [0.15, 0.2) is 34.3 Å². The molecule has 1 unspecified atom stereocenters. The van der Waals surface area contributed by atoms with Crippen LogP contribution in [0.25, 0.3) is 0 Å². The summed E-state index contributed by atoms with van der Waals surface area (Å²) < 4.78 is 0. The summed E-state index contributed by atoms with van der Waals surface area (Å²) in [5, 5.41) is 20.6. The maximum Gasteiger partial charge on any atom is 0.226 e. The van der Waals surface area contributed by atoms with Crippen LogP contribution in [0.1, 0.15) is 49.0 Å². The first kappa shape index (κ1) is 17.0. The van der Waals surface area contributed by atoms with Crippen LogP contribution in [0.3, 0.4) is 0 Å². The molecular weight excluding hydrogens is 362 g/mol. The van der Waals surface area contributed by atoms with Crippen molar-refractivity contribution in [3.8, 4) is 0 Å². The largest absolute Gasteiger partial charge is 0.378 e. The molecule has 1 atom stereocenters. The number of amides is 1. The van der Waals surface area contributed by atoms with Crippen molar-refractivity contribution in [2.24, 2.45) is 23.2 Å². The number of carbonyl (C=O) groups is 1. The Hall–Kier alpha value is -1.17. The highest BCUT2D eigenvalue weighted by atomic mass is 32.1. The van der Waals surface area contributed by atoms with E-state index in [0.29, 0.717) is 0 Å². The first-order valence-electron chi connectivity index (χ1n) is 9.65. The fourth-order valence-electron chi connectivity index (χ4n) is 6.13. The summed E-state index contributed by atoms with van der Waals surface area (Å²) in [6.07, 6.45) is 7.17. The minimum absolute atomic E-state index is 0.167. The van der Waals surface area contributed by atoms with E-state index in [0.717, 1.165) is 47.5 Å². The van der Waals surface area contributed by atoms with E-state index in [2.05, 4.69) is 5.32 Å². The quantitative estimate of drug-likeness (QED) is 0.800. The van der Waals surface area contributed by atoms with Crippen molar-refractivity contribution in [1.29, 1.82) is 0 Å². The predicted octanol–water partition coefficient (Wildman–Crippen LogP) is 4.38. The number of hydrogen-bond acceptors (Lipinski definition) is 4. The van der Waals surface area contributed by atoms with E-state index in [4.69, 9.17) is 0 Å². The van der Waals surface area contributed by atoms with Gasteiger partial charge in [-0.2, -0.15) is 11.3 Å². The molecule has 2 heterocycles. The van der Waals surface area contributed by atoms with Gasteiger partial charge < -0.3 is 10.4 Å². The third kappa shape index (κ3) is 2.67. The lowest BCUT2D eigenvalue weighted by atomic mass is 9.49. The van der Waals surface area contributed by atoms with Crippen LogP contribution in [0.5, 0.6) is 0 Å². The summed E-state index contributed by atoms with van der Waals surface area (Å²) >= 11 is 3.12. The third-order valence-electron chi connectivity index (χ3n) is 6.95. The Morgan fingerprint density at radius 1 is 1.15 bits per heavy atom. The lowest BCUT2D eigenvalue weighted by Crippen LogP contribution is -2.55. The molecule has 0 aromatic carbocycles. The monoisotopic (exact) mass is 387 g/mol. The summed E-state index contributed by atoms with van der Waals surface area (Å²) in [6.45, 7) is 0.255. The van der Waals surface area contributed by atoms with E-state index >= 15 is 0 Å². The molecular formula is C21H25NO2S2. The Bertz CT molecular complexity index is 712. The number of rotatable bonds is 5. The van der Waals surface area contributed by atoms with E-state index in [1.807, 2.05) is 34.3 Å². The maximum atomic E-state index is 13.3. The SMILES string of the molecule is O=C(NCC(O)(c1ccsc1)c1cccs1)C12CC3CC(CC(C3)C1)C2. The van der Waals surface area contributed by atoms with Gasteiger partial charge in [-0.25, -0.2) is 0 Å². The van der Waals surface area contributed by atoms with Gasteiger partial charge in [0.05, 0.1) is 6.54 Å². The Labute approximate surface area is 162 Å². The molecule has 26 heavy (non-hydrogen) atoms. The van der Waals surface area contributed by atoms with E-state index in [1.54, 1.807) is 22.7 Å². The molecule has 5 heteroatoms. The van der Waals surface area contributed by atoms with Gasteiger partial charge in [-0.3, -0.25) is 4.79 Å². The highest BCUT2D eigenvalue weighted by Gasteiger charge is 2.54.